The number of ether oxygens (including phenoxy) is 4. The Morgan fingerprint density at radius 2 is 2.33 bits per heavy atom. The second-order valence-electron chi connectivity index (χ2n) is 2.43. The van der Waals surface area contributed by atoms with E-state index in [1.165, 1.54) is 12.5 Å². The van der Waals surface area contributed by atoms with Gasteiger partial charge < -0.3 is 18.9 Å². The first-order chi connectivity index (χ1) is 5.93. The Labute approximate surface area is 72.1 Å². The molecule has 0 aromatic rings. The van der Waals surface area contributed by atoms with Crippen LogP contribution in [0.2, 0.25) is 0 Å². The fraction of sp³-hybridized carbons (Fsp3) is 0.750. The maximum atomic E-state index is 5.25. The van der Waals surface area contributed by atoms with E-state index >= 15 is 0 Å². The molecule has 0 radical (unpaired) electrons. The molecular formula is C8H14O4. The summed E-state index contributed by atoms with van der Waals surface area (Å²) in [4.78, 5) is 0. The lowest BCUT2D eigenvalue weighted by atomic mass is 10.4. The van der Waals surface area contributed by atoms with Crippen LogP contribution in [0.15, 0.2) is 12.5 Å². The van der Waals surface area contributed by atoms with E-state index in [2.05, 4.69) is 0 Å². The van der Waals surface area contributed by atoms with E-state index < -0.39 is 0 Å². The molecule has 4 nitrogen and oxygen atoms in total. The molecule has 0 amide bonds. The number of rotatable bonds is 5. The molecule has 1 aliphatic rings. The summed E-state index contributed by atoms with van der Waals surface area (Å²) in [6, 6.07) is 0. The Morgan fingerprint density at radius 3 is 3.00 bits per heavy atom. The minimum Gasteiger partial charge on any atom is -0.494 e. The van der Waals surface area contributed by atoms with Crippen molar-refractivity contribution in [1.29, 1.82) is 0 Å². The first-order valence-electron chi connectivity index (χ1n) is 3.92. The Kier molecular flexibility index (Phi) is 4.56. The van der Waals surface area contributed by atoms with Crippen LogP contribution in [0.1, 0.15) is 0 Å². The smallest absolute Gasteiger partial charge is 0.155 e. The predicted octanol–water partition coefficient (Wildman–Crippen LogP) is 0.536. The summed E-state index contributed by atoms with van der Waals surface area (Å²) >= 11 is 0. The third-order valence-electron chi connectivity index (χ3n) is 1.44. The Morgan fingerprint density at radius 1 is 1.42 bits per heavy atom. The van der Waals surface area contributed by atoms with Gasteiger partial charge in [-0.2, -0.15) is 0 Å². The molecule has 0 spiro atoms. The van der Waals surface area contributed by atoms with Crippen molar-refractivity contribution in [2.24, 2.45) is 0 Å². The summed E-state index contributed by atoms with van der Waals surface area (Å²) in [7, 11) is 1.65. The van der Waals surface area contributed by atoms with Crippen molar-refractivity contribution in [3.05, 3.63) is 12.5 Å². The zero-order chi connectivity index (χ0) is 8.65. The average Bonchev–Trinajstić information content (AvgIpc) is 2.14. The van der Waals surface area contributed by atoms with E-state index in [9.17, 15) is 0 Å². The van der Waals surface area contributed by atoms with E-state index in [0.717, 1.165) is 0 Å². The monoisotopic (exact) mass is 174 g/mol. The highest BCUT2D eigenvalue weighted by Crippen LogP contribution is 2.01. The van der Waals surface area contributed by atoms with Gasteiger partial charge in [-0.1, -0.05) is 0 Å². The van der Waals surface area contributed by atoms with Gasteiger partial charge >= 0.3 is 0 Å². The van der Waals surface area contributed by atoms with Gasteiger partial charge in [0.15, 0.2) is 6.10 Å². The third-order valence-corrected chi connectivity index (χ3v) is 1.44. The first kappa shape index (κ1) is 9.35. The summed E-state index contributed by atoms with van der Waals surface area (Å²) in [5.74, 6) is 0. The molecule has 1 heterocycles. The van der Waals surface area contributed by atoms with Crippen molar-refractivity contribution in [3.63, 3.8) is 0 Å². The molecule has 12 heavy (non-hydrogen) atoms. The molecule has 0 N–H and O–H groups in total. The molecule has 0 aromatic carbocycles. The van der Waals surface area contributed by atoms with Crippen molar-refractivity contribution in [2.45, 2.75) is 6.10 Å². The molecule has 1 rings (SSSR count). The van der Waals surface area contributed by atoms with Gasteiger partial charge in [0.05, 0.1) is 19.8 Å². The fourth-order valence-electron chi connectivity index (χ4n) is 0.829. The molecule has 70 valence electrons. The molecule has 1 unspecified atom stereocenters. The molecular weight excluding hydrogens is 160 g/mol. The van der Waals surface area contributed by atoms with Crippen LogP contribution >= 0.6 is 0 Å². The minimum atomic E-state index is 0.0202. The van der Waals surface area contributed by atoms with Gasteiger partial charge in [0.1, 0.15) is 19.1 Å². The van der Waals surface area contributed by atoms with Gasteiger partial charge in [0.2, 0.25) is 0 Å². The van der Waals surface area contributed by atoms with E-state index in [-0.39, 0.29) is 6.10 Å². The molecule has 1 aliphatic heterocycles. The maximum Gasteiger partial charge on any atom is 0.155 e. The van der Waals surface area contributed by atoms with Gasteiger partial charge in [-0.3, -0.25) is 0 Å². The molecule has 0 saturated carbocycles. The average molecular weight is 174 g/mol. The van der Waals surface area contributed by atoms with Gasteiger partial charge in [-0.25, -0.2) is 0 Å². The Hall–Kier alpha value is -0.740. The molecule has 0 bridgehead atoms. The lowest BCUT2D eigenvalue weighted by molar-refractivity contribution is -0.0351. The van der Waals surface area contributed by atoms with Crippen LogP contribution in [-0.4, -0.2) is 39.6 Å². The predicted molar refractivity (Wildman–Crippen MR) is 42.7 cm³/mol. The molecule has 0 aliphatic carbocycles. The summed E-state index contributed by atoms with van der Waals surface area (Å²) in [6.07, 6.45) is 3.09. The van der Waals surface area contributed by atoms with Crippen LogP contribution in [0, 0.1) is 0 Å². The van der Waals surface area contributed by atoms with E-state index in [1.54, 1.807) is 7.11 Å². The molecule has 0 aromatic heterocycles. The van der Waals surface area contributed by atoms with Crippen molar-refractivity contribution in [2.75, 3.05) is 33.5 Å². The maximum absolute atomic E-state index is 5.25. The number of hydrogen-bond donors (Lipinski definition) is 0. The van der Waals surface area contributed by atoms with Crippen molar-refractivity contribution >= 4 is 0 Å². The quantitative estimate of drug-likeness (QED) is 0.570. The van der Waals surface area contributed by atoms with Crippen LogP contribution in [0.3, 0.4) is 0 Å². The lowest BCUT2D eigenvalue weighted by Crippen LogP contribution is -2.26. The highest BCUT2D eigenvalue weighted by molar-refractivity contribution is 4.72. The summed E-state index contributed by atoms with van der Waals surface area (Å²) in [6.45, 7) is 2.32. The fourth-order valence-corrected chi connectivity index (χ4v) is 0.829. The van der Waals surface area contributed by atoms with Crippen LogP contribution in [0.25, 0.3) is 0 Å². The highest BCUT2D eigenvalue weighted by Gasteiger charge is 2.11. The zero-order valence-electron chi connectivity index (χ0n) is 7.19. The standard InChI is InChI=1S/C8H14O4/c1-9-2-3-10-6-8-7-11-4-5-12-8/h4-5,8H,2-3,6-7H2,1H3. The molecule has 0 saturated heterocycles. The summed E-state index contributed by atoms with van der Waals surface area (Å²) in [5, 5.41) is 0. The van der Waals surface area contributed by atoms with Crippen molar-refractivity contribution in [3.8, 4) is 0 Å². The Bertz CT molecular complexity index is 135. The SMILES string of the molecule is COCCOCC1COC=CO1. The summed E-state index contributed by atoms with van der Waals surface area (Å²) in [5.41, 5.74) is 0. The van der Waals surface area contributed by atoms with Crippen LogP contribution in [0.4, 0.5) is 0 Å². The highest BCUT2D eigenvalue weighted by atomic mass is 16.6. The largest absolute Gasteiger partial charge is 0.494 e. The molecule has 4 heteroatoms. The van der Waals surface area contributed by atoms with Crippen LogP contribution in [0.5, 0.6) is 0 Å². The lowest BCUT2D eigenvalue weighted by Gasteiger charge is -2.19. The number of methoxy groups -OCH3 is 1. The molecule has 0 fully saturated rings. The second-order valence-corrected chi connectivity index (χ2v) is 2.43. The van der Waals surface area contributed by atoms with Gasteiger partial charge in [-0.15, -0.1) is 0 Å². The van der Waals surface area contributed by atoms with Gasteiger partial charge in [0, 0.05) is 7.11 Å². The van der Waals surface area contributed by atoms with E-state index in [0.29, 0.717) is 26.4 Å². The molecule has 1 atom stereocenters. The first-order valence-corrected chi connectivity index (χ1v) is 3.92. The Balaban J connectivity index is 1.95. The zero-order valence-corrected chi connectivity index (χ0v) is 7.19. The van der Waals surface area contributed by atoms with E-state index in [1.807, 2.05) is 0 Å². The van der Waals surface area contributed by atoms with Crippen LogP contribution < -0.4 is 0 Å². The van der Waals surface area contributed by atoms with E-state index in [4.69, 9.17) is 18.9 Å². The normalized spacial score (nSPS) is 21.6. The topological polar surface area (TPSA) is 36.9 Å². The van der Waals surface area contributed by atoms with Gasteiger partial charge in [0.25, 0.3) is 0 Å². The number of hydrogen-bond acceptors (Lipinski definition) is 4. The van der Waals surface area contributed by atoms with Crippen molar-refractivity contribution < 1.29 is 18.9 Å². The second kappa shape index (κ2) is 5.85. The van der Waals surface area contributed by atoms with Crippen molar-refractivity contribution in [1.82, 2.24) is 0 Å². The summed E-state index contributed by atoms with van der Waals surface area (Å²) < 4.78 is 20.3. The third kappa shape index (κ3) is 3.59. The minimum absolute atomic E-state index is 0.0202. The van der Waals surface area contributed by atoms with Gasteiger partial charge in [-0.05, 0) is 0 Å². The van der Waals surface area contributed by atoms with Crippen LogP contribution in [-0.2, 0) is 18.9 Å².